The lowest BCUT2D eigenvalue weighted by atomic mass is 10.1. The number of benzene rings is 2. The van der Waals surface area contributed by atoms with Crippen LogP contribution in [0.1, 0.15) is 31.1 Å². The molecule has 0 unspecified atom stereocenters. The zero-order chi connectivity index (χ0) is 19.5. The molecule has 8 heteroatoms. The number of ether oxygens (including phenoxy) is 1. The van der Waals surface area contributed by atoms with E-state index in [0.717, 1.165) is 0 Å². The Hall–Kier alpha value is -2.09. The van der Waals surface area contributed by atoms with Crippen molar-refractivity contribution < 1.29 is 17.9 Å². The maximum Gasteiger partial charge on any atom is 0.255 e. The minimum Gasteiger partial charge on any atom is -0.495 e. The Balaban J connectivity index is 2.35. The first kappa shape index (κ1) is 20.2. The number of carbonyl (C=O) groups is 1. The van der Waals surface area contributed by atoms with Crippen molar-refractivity contribution in [2.24, 2.45) is 0 Å². The Morgan fingerprint density at radius 1 is 1.08 bits per heavy atom. The van der Waals surface area contributed by atoms with Crippen LogP contribution in [0, 0.1) is 0 Å². The Labute approximate surface area is 158 Å². The van der Waals surface area contributed by atoms with Gasteiger partial charge in [-0.15, -0.1) is 0 Å². The Bertz CT molecular complexity index is 904. The highest BCUT2D eigenvalue weighted by atomic mass is 35.5. The van der Waals surface area contributed by atoms with Gasteiger partial charge in [0.1, 0.15) is 5.75 Å². The third-order valence-electron chi connectivity index (χ3n) is 3.28. The van der Waals surface area contributed by atoms with Gasteiger partial charge in [0.15, 0.2) is 0 Å². The largest absolute Gasteiger partial charge is 0.495 e. The number of amides is 1. The molecule has 2 N–H and O–H groups in total. The molecule has 0 aromatic heterocycles. The number of halogens is 1. The van der Waals surface area contributed by atoms with Crippen LogP contribution in [0.25, 0.3) is 0 Å². The van der Waals surface area contributed by atoms with Crippen molar-refractivity contribution in [2.75, 3.05) is 12.4 Å². The smallest absolute Gasteiger partial charge is 0.255 e. The molecule has 0 saturated carbocycles. The number of hydrogen-bond acceptors (Lipinski definition) is 4. The van der Waals surface area contributed by atoms with Gasteiger partial charge in [0.25, 0.3) is 5.91 Å². The van der Waals surface area contributed by atoms with Gasteiger partial charge in [-0.1, -0.05) is 11.6 Å². The van der Waals surface area contributed by atoms with Gasteiger partial charge in [-0.05, 0) is 63.2 Å². The van der Waals surface area contributed by atoms with Crippen molar-refractivity contribution in [1.82, 2.24) is 4.72 Å². The molecule has 2 aromatic rings. The van der Waals surface area contributed by atoms with Crippen LogP contribution in [0.15, 0.2) is 47.4 Å². The van der Waals surface area contributed by atoms with Crippen LogP contribution in [0.4, 0.5) is 5.69 Å². The van der Waals surface area contributed by atoms with Gasteiger partial charge in [0.05, 0.1) is 17.7 Å². The first-order valence-corrected chi connectivity index (χ1v) is 9.67. The zero-order valence-electron chi connectivity index (χ0n) is 15.0. The fourth-order valence-corrected chi connectivity index (χ4v) is 3.78. The maximum atomic E-state index is 12.5. The van der Waals surface area contributed by atoms with Crippen LogP contribution in [0.2, 0.25) is 5.02 Å². The van der Waals surface area contributed by atoms with Gasteiger partial charge < -0.3 is 10.1 Å². The van der Waals surface area contributed by atoms with E-state index in [0.29, 0.717) is 16.3 Å². The number of sulfonamides is 1. The topological polar surface area (TPSA) is 84.5 Å². The van der Waals surface area contributed by atoms with E-state index in [2.05, 4.69) is 10.0 Å². The van der Waals surface area contributed by atoms with Crippen LogP contribution in [0.3, 0.4) is 0 Å². The van der Waals surface area contributed by atoms with Crippen LogP contribution < -0.4 is 14.8 Å². The Morgan fingerprint density at radius 3 is 2.23 bits per heavy atom. The summed E-state index contributed by atoms with van der Waals surface area (Å²) in [7, 11) is -2.31. The molecule has 140 valence electrons. The quantitative estimate of drug-likeness (QED) is 0.807. The van der Waals surface area contributed by atoms with Crippen LogP contribution in [-0.2, 0) is 10.0 Å². The molecule has 1 amide bonds. The summed E-state index contributed by atoms with van der Waals surface area (Å²) in [5, 5.41) is 3.19. The molecule has 26 heavy (non-hydrogen) atoms. The van der Waals surface area contributed by atoms with E-state index in [-0.39, 0.29) is 10.6 Å². The average molecular weight is 397 g/mol. The summed E-state index contributed by atoms with van der Waals surface area (Å²) >= 11 is 5.82. The molecular formula is C18H21ClN2O4S. The van der Waals surface area contributed by atoms with E-state index < -0.39 is 21.5 Å². The summed E-state index contributed by atoms with van der Waals surface area (Å²) in [5.74, 6) is -0.0553. The fourth-order valence-electron chi connectivity index (χ4n) is 2.21. The summed E-state index contributed by atoms with van der Waals surface area (Å²) in [6.07, 6.45) is 0. The molecule has 0 heterocycles. The molecule has 2 rings (SSSR count). The molecule has 0 aliphatic carbocycles. The standard InChI is InChI=1S/C18H21ClN2O4S/c1-18(2,3)21-26(23,24)14-9-10-16(25-4)15(11-14)20-17(22)12-5-7-13(19)8-6-12/h5-11,21H,1-4H3,(H,20,22). The lowest BCUT2D eigenvalue weighted by Gasteiger charge is -2.21. The molecule has 0 aliphatic heterocycles. The van der Waals surface area contributed by atoms with Crippen molar-refractivity contribution in [1.29, 1.82) is 0 Å². The number of hydrogen-bond donors (Lipinski definition) is 2. The second kappa shape index (κ2) is 7.65. The lowest BCUT2D eigenvalue weighted by molar-refractivity contribution is 0.102. The number of anilines is 1. The molecular weight excluding hydrogens is 376 g/mol. The number of carbonyl (C=O) groups excluding carboxylic acids is 1. The van der Waals surface area contributed by atoms with Crippen molar-refractivity contribution in [3.05, 3.63) is 53.1 Å². The van der Waals surface area contributed by atoms with Gasteiger partial charge in [0, 0.05) is 16.1 Å². The predicted octanol–water partition coefficient (Wildman–Crippen LogP) is 3.68. The third kappa shape index (κ3) is 5.20. The van der Waals surface area contributed by atoms with E-state index in [1.165, 1.54) is 25.3 Å². The molecule has 0 aliphatic rings. The van der Waals surface area contributed by atoms with Crippen molar-refractivity contribution in [2.45, 2.75) is 31.2 Å². The molecule has 0 fully saturated rings. The normalized spacial score (nSPS) is 11.9. The minimum atomic E-state index is -3.75. The number of rotatable bonds is 5. The number of methoxy groups -OCH3 is 1. The predicted molar refractivity (Wildman–Crippen MR) is 102 cm³/mol. The second-order valence-electron chi connectivity index (χ2n) is 6.68. The fraction of sp³-hybridized carbons (Fsp3) is 0.278. The highest BCUT2D eigenvalue weighted by Crippen LogP contribution is 2.28. The summed E-state index contributed by atoms with van der Waals surface area (Å²) in [6.45, 7) is 5.24. The monoisotopic (exact) mass is 396 g/mol. The van der Waals surface area contributed by atoms with Crippen molar-refractivity contribution in [3.63, 3.8) is 0 Å². The maximum absolute atomic E-state index is 12.5. The Kier molecular flexibility index (Phi) is 5.95. The Morgan fingerprint density at radius 2 is 1.69 bits per heavy atom. The van der Waals surface area contributed by atoms with Gasteiger partial charge >= 0.3 is 0 Å². The van der Waals surface area contributed by atoms with Gasteiger partial charge in [-0.25, -0.2) is 13.1 Å². The highest BCUT2D eigenvalue weighted by Gasteiger charge is 2.23. The van der Waals surface area contributed by atoms with Crippen LogP contribution >= 0.6 is 11.6 Å². The lowest BCUT2D eigenvalue weighted by Crippen LogP contribution is -2.40. The van der Waals surface area contributed by atoms with E-state index in [1.807, 2.05) is 0 Å². The van der Waals surface area contributed by atoms with Crippen LogP contribution in [-0.4, -0.2) is 27.0 Å². The molecule has 0 atom stereocenters. The van der Waals surface area contributed by atoms with E-state index in [1.54, 1.807) is 45.0 Å². The molecule has 0 spiro atoms. The second-order valence-corrected chi connectivity index (χ2v) is 8.80. The first-order chi connectivity index (χ1) is 12.0. The van der Waals surface area contributed by atoms with E-state index in [4.69, 9.17) is 16.3 Å². The highest BCUT2D eigenvalue weighted by molar-refractivity contribution is 7.89. The first-order valence-electron chi connectivity index (χ1n) is 7.81. The van der Waals surface area contributed by atoms with E-state index in [9.17, 15) is 13.2 Å². The van der Waals surface area contributed by atoms with E-state index >= 15 is 0 Å². The summed E-state index contributed by atoms with van der Waals surface area (Å²) in [6, 6.07) is 10.6. The summed E-state index contributed by atoms with van der Waals surface area (Å²) in [4.78, 5) is 12.4. The molecule has 0 saturated heterocycles. The summed E-state index contributed by atoms with van der Waals surface area (Å²) < 4.78 is 32.8. The van der Waals surface area contributed by atoms with Gasteiger partial charge in [-0.3, -0.25) is 4.79 Å². The molecule has 0 bridgehead atoms. The van der Waals surface area contributed by atoms with Crippen LogP contribution in [0.5, 0.6) is 5.75 Å². The third-order valence-corrected chi connectivity index (χ3v) is 5.28. The number of nitrogens with one attached hydrogen (secondary N) is 2. The molecule has 2 aromatic carbocycles. The average Bonchev–Trinajstić information content (AvgIpc) is 2.53. The van der Waals surface area contributed by atoms with Crippen molar-refractivity contribution >= 4 is 33.2 Å². The van der Waals surface area contributed by atoms with Gasteiger partial charge in [0.2, 0.25) is 10.0 Å². The zero-order valence-corrected chi connectivity index (χ0v) is 16.5. The minimum absolute atomic E-state index is 0.0274. The molecule has 6 nitrogen and oxygen atoms in total. The SMILES string of the molecule is COc1ccc(S(=O)(=O)NC(C)(C)C)cc1NC(=O)c1ccc(Cl)cc1. The summed E-state index contributed by atoms with van der Waals surface area (Å²) in [5.41, 5.74) is 0.00707. The van der Waals surface area contributed by atoms with Gasteiger partial charge in [-0.2, -0.15) is 0 Å². The molecule has 0 radical (unpaired) electrons. The van der Waals surface area contributed by atoms with Crippen molar-refractivity contribution in [3.8, 4) is 5.75 Å².